The summed E-state index contributed by atoms with van der Waals surface area (Å²) in [6.07, 6.45) is 3.73. The third-order valence-corrected chi connectivity index (χ3v) is 2.74. The summed E-state index contributed by atoms with van der Waals surface area (Å²) in [6.45, 7) is 0. The van der Waals surface area contributed by atoms with E-state index in [1.54, 1.807) is 0 Å². The Hall–Kier alpha value is -0.590. The third-order valence-electron chi connectivity index (χ3n) is 1.22. The number of rotatable bonds is 2. The standard InChI is InChI=1S/C6H7NO3S2/c1-12(9,10)6-2-5(11-8)3-7-4-6/h2-4,8H,1H3. The summed E-state index contributed by atoms with van der Waals surface area (Å²) in [5.74, 6) is 0. The molecule has 0 saturated heterocycles. The van der Waals surface area contributed by atoms with Crippen molar-refractivity contribution >= 4 is 21.9 Å². The van der Waals surface area contributed by atoms with Gasteiger partial charge in [-0.2, -0.15) is 0 Å². The predicted octanol–water partition coefficient (Wildman–Crippen LogP) is 1.05. The minimum Gasteiger partial charge on any atom is -0.325 e. The van der Waals surface area contributed by atoms with E-state index in [1.807, 2.05) is 0 Å². The second kappa shape index (κ2) is 3.42. The van der Waals surface area contributed by atoms with E-state index in [1.165, 1.54) is 18.5 Å². The summed E-state index contributed by atoms with van der Waals surface area (Å²) in [5, 5.41) is 0. The molecule has 1 aromatic rings. The molecule has 6 heteroatoms. The lowest BCUT2D eigenvalue weighted by Gasteiger charge is -1.97. The molecule has 0 aliphatic rings. The van der Waals surface area contributed by atoms with Crippen molar-refractivity contribution in [1.82, 2.24) is 4.98 Å². The molecule has 0 bridgehead atoms. The van der Waals surface area contributed by atoms with Gasteiger partial charge in [-0.3, -0.25) is 4.98 Å². The Kier molecular flexibility index (Phi) is 2.71. The summed E-state index contributed by atoms with van der Waals surface area (Å²) in [7, 11) is -3.22. The van der Waals surface area contributed by atoms with E-state index in [9.17, 15) is 8.42 Å². The zero-order valence-corrected chi connectivity index (χ0v) is 7.89. The molecule has 0 aliphatic carbocycles. The summed E-state index contributed by atoms with van der Waals surface area (Å²) in [5.41, 5.74) is 0. The van der Waals surface area contributed by atoms with Crippen LogP contribution in [0.1, 0.15) is 0 Å². The van der Waals surface area contributed by atoms with Crippen molar-refractivity contribution in [2.45, 2.75) is 9.79 Å². The molecule has 1 rings (SSSR count). The maximum atomic E-state index is 11.0. The Morgan fingerprint density at radius 3 is 2.67 bits per heavy atom. The first kappa shape index (κ1) is 9.50. The van der Waals surface area contributed by atoms with Crippen LogP contribution < -0.4 is 0 Å². The first-order valence-corrected chi connectivity index (χ1v) is 5.67. The molecule has 0 aliphatic heterocycles. The monoisotopic (exact) mass is 205 g/mol. The fraction of sp³-hybridized carbons (Fsp3) is 0.167. The second-order valence-electron chi connectivity index (χ2n) is 2.22. The molecule has 66 valence electrons. The summed E-state index contributed by atoms with van der Waals surface area (Å²) in [4.78, 5) is 4.19. The van der Waals surface area contributed by atoms with Crippen LogP contribution in [-0.2, 0) is 9.84 Å². The molecule has 0 atom stereocenters. The van der Waals surface area contributed by atoms with E-state index in [4.69, 9.17) is 4.55 Å². The molecule has 0 unspecified atom stereocenters. The average Bonchev–Trinajstić information content (AvgIpc) is 2.03. The lowest BCUT2D eigenvalue weighted by Crippen LogP contribution is -1.97. The minimum absolute atomic E-state index is 0.113. The zero-order chi connectivity index (χ0) is 9.19. The molecule has 4 nitrogen and oxygen atoms in total. The van der Waals surface area contributed by atoms with Crippen LogP contribution in [0.2, 0.25) is 0 Å². The molecular weight excluding hydrogens is 198 g/mol. The van der Waals surface area contributed by atoms with Gasteiger partial charge in [-0.1, -0.05) is 0 Å². The molecule has 1 N–H and O–H groups in total. The van der Waals surface area contributed by atoms with Crippen molar-refractivity contribution in [1.29, 1.82) is 0 Å². The van der Waals surface area contributed by atoms with Crippen LogP contribution in [0.5, 0.6) is 0 Å². The van der Waals surface area contributed by atoms with Crippen LogP contribution in [0.3, 0.4) is 0 Å². The fourth-order valence-electron chi connectivity index (χ4n) is 0.652. The van der Waals surface area contributed by atoms with Gasteiger partial charge in [-0.05, 0) is 6.07 Å². The minimum atomic E-state index is -3.22. The summed E-state index contributed by atoms with van der Waals surface area (Å²) >= 11 is 0.472. The number of nitrogens with zero attached hydrogens (tertiary/aromatic N) is 1. The summed E-state index contributed by atoms with van der Waals surface area (Å²) < 4.78 is 30.5. The summed E-state index contributed by atoms with van der Waals surface area (Å²) in [6, 6.07) is 1.37. The first-order chi connectivity index (χ1) is 5.54. The van der Waals surface area contributed by atoms with E-state index < -0.39 is 9.84 Å². The maximum Gasteiger partial charge on any atom is 0.177 e. The molecule has 12 heavy (non-hydrogen) atoms. The predicted molar refractivity (Wildman–Crippen MR) is 45.8 cm³/mol. The van der Waals surface area contributed by atoms with Crippen LogP contribution in [0, 0.1) is 0 Å². The fourth-order valence-corrected chi connectivity index (χ4v) is 1.61. The first-order valence-electron chi connectivity index (χ1n) is 3.00. The Bertz CT molecular complexity index is 374. The highest BCUT2D eigenvalue weighted by molar-refractivity contribution is 7.94. The SMILES string of the molecule is CS(=O)(=O)c1cncc(SO)c1. The van der Waals surface area contributed by atoms with Crippen molar-refractivity contribution in [2.75, 3.05) is 6.26 Å². The molecule has 0 spiro atoms. The Morgan fingerprint density at radius 2 is 2.17 bits per heavy atom. The van der Waals surface area contributed by atoms with Gasteiger partial charge in [0, 0.05) is 30.7 Å². The number of hydrogen-bond donors (Lipinski definition) is 1. The van der Waals surface area contributed by atoms with Crippen molar-refractivity contribution in [3.8, 4) is 0 Å². The van der Waals surface area contributed by atoms with Gasteiger partial charge in [0.25, 0.3) is 0 Å². The lowest BCUT2D eigenvalue weighted by molar-refractivity contribution is 0.601. The molecule has 1 heterocycles. The molecule has 1 aromatic heterocycles. The van der Waals surface area contributed by atoms with E-state index in [0.717, 1.165) is 6.26 Å². The molecule has 0 saturated carbocycles. The molecule has 0 radical (unpaired) electrons. The van der Waals surface area contributed by atoms with E-state index >= 15 is 0 Å². The number of sulfone groups is 1. The third kappa shape index (κ3) is 2.20. The van der Waals surface area contributed by atoms with E-state index in [0.29, 0.717) is 16.9 Å². The molecular formula is C6H7NO3S2. The van der Waals surface area contributed by atoms with Crippen molar-refractivity contribution < 1.29 is 13.0 Å². The number of hydrogen-bond acceptors (Lipinski definition) is 5. The maximum absolute atomic E-state index is 11.0. The van der Waals surface area contributed by atoms with Gasteiger partial charge >= 0.3 is 0 Å². The Balaban J connectivity index is 3.20. The molecule has 0 aromatic carbocycles. The van der Waals surface area contributed by atoms with Crippen molar-refractivity contribution in [3.05, 3.63) is 18.5 Å². The van der Waals surface area contributed by atoms with Crippen LogP contribution in [0.25, 0.3) is 0 Å². The lowest BCUT2D eigenvalue weighted by atomic mass is 10.5. The van der Waals surface area contributed by atoms with E-state index in [-0.39, 0.29) is 4.90 Å². The quantitative estimate of drug-likeness (QED) is 0.731. The number of pyridine rings is 1. The van der Waals surface area contributed by atoms with Crippen molar-refractivity contribution in [2.24, 2.45) is 0 Å². The highest BCUT2D eigenvalue weighted by atomic mass is 32.2. The molecule has 0 fully saturated rings. The number of aromatic nitrogens is 1. The second-order valence-corrected chi connectivity index (χ2v) is 4.89. The highest BCUT2D eigenvalue weighted by Gasteiger charge is 2.07. The van der Waals surface area contributed by atoms with Gasteiger partial charge in [0.15, 0.2) is 9.84 Å². The van der Waals surface area contributed by atoms with Crippen LogP contribution in [-0.4, -0.2) is 24.2 Å². The zero-order valence-electron chi connectivity index (χ0n) is 6.26. The average molecular weight is 205 g/mol. The van der Waals surface area contributed by atoms with Gasteiger partial charge in [0.05, 0.1) is 9.79 Å². The largest absolute Gasteiger partial charge is 0.325 e. The Labute approximate surface area is 74.8 Å². The normalized spacial score (nSPS) is 11.5. The van der Waals surface area contributed by atoms with Crippen molar-refractivity contribution in [3.63, 3.8) is 0 Å². The van der Waals surface area contributed by atoms with E-state index in [2.05, 4.69) is 4.98 Å². The smallest absolute Gasteiger partial charge is 0.177 e. The van der Waals surface area contributed by atoms with Gasteiger partial charge in [0.2, 0.25) is 0 Å². The van der Waals surface area contributed by atoms with Crippen LogP contribution in [0.4, 0.5) is 0 Å². The Morgan fingerprint density at radius 1 is 1.50 bits per heavy atom. The van der Waals surface area contributed by atoms with Gasteiger partial charge in [-0.15, -0.1) is 0 Å². The van der Waals surface area contributed by atoms with Gasteiger partial charge in [-0.25, -0.2) is 8.42 Å². The van der Waals surface area contributed by atoms with Crippen LogP contribution >= 0.6 is 12.0 Å². The van der Waals surface area contributed by atoms with Gasteiger partial charge in [0.1, 0.15) is 0 Å². The van der Waals surface area contributed by atoms with Crippen LogP contribution in [0.15, 0.2) is 28.3 Å². The molecule has 0 amide bonds. The topological polar surface area (TPSA) is 67.3 Å². The van der Waals surface area contributed by atoms with Gasteiger partial charge < -0.3 is 4.55 Å². The highest BCUT2D eigenvalue weighted by Crippen LogP contribution is 2.16.